The fourth-order valence-electron chi connectivity index (χ4n) is 1.94. The number of ketones is 1. The molecule has 0 saturated heterocycles. The molecule has 0 atom stereocenters. The van der Waals surface area contributed by atoms with Crippen molar-refractivity contribution in [3.8, 4) is 0 Å². The standard InChI is InChI=1S/C13H22N2O3S2/c1-6-15(7-2)13-12(20(5,17)18)9(14)11(19-13)10(16)8(3)4/h8H,6-7,14H2,1-5H3. The number of nitrogen functional groups attached to an aromatic ring is 1. The van der Waals surface area contributed by atoms with Gasteiger partial charge in [-0.05, 0) is 13.8 Å². The predicted octanol–water partition coefficient (Wildman–Crippen LogP) is 2.42. The number of nitrogens with two attached hydrogens (primary N) is 1. The number of anilines is 2. The number of rotatable bonds is 6. The smallest absolute Gasteiger partial charge is 0.180 e. The van der Waals surface area contributed by atoms with Crippen LogP contribution >= 0.6 is 11.3 Å². The minimum Gasteiger partial charge on any atom is -0.396 e. The van der Waals surface area contributed by atoms with E-state index in [0.29, 0.717) is 23.0 Å². The monoisotopic (exact) mass is 318 g/mol. The molecule has 0 aliphatic heterocycles. The maximum Gasteiger partial charge on any atom is 0.180 e. The first kappa shape index (κ1) is 17.0. The molecule has 114 valence electrons. The van der Waals surface area contributed by atoms with Crippen molar-refractivity contribution in [1.29, 1.82) is 0 Å². The quantitative estimate of drug-likeness (QED) is 0.815. The van der Waals surface area contributed by atoms with Gasteiger partial charge in [0.05, 0.1) is 10.6 Å². The average Bonchev–Trinajstić information content (AvgIpc) is 2.67. The molecular weight excluding hydrogens is 296 g/mol. The van der Waals surface area contributed by atoms with Gasteiger partial charge < -0.3 is 10.6 Å². The molecule has 0 amide bonds. The fourth-order valence-corrected chi connectivity index (χ4v) is 4.86. The van der Waals surface area contributed by atoms with Crippen LogP contribution in [0.3, 0.4) is 0 Å². The van der Waals surface area contributed by atoms with Crippen molar-refractivity contribution in [3.63, 3.8) is 0 Å². The molecule has 1 aromatic heterocycles. The Labute approximate surface area is 124 Å². The number of thiophene rings is 1. The van der Waals surface area contributed by atoms with Crippen LogP contribution in [0, 0.1) is 5.92 Å². The van der Waals surface area contributed by atoms with Gasteiger partial charge in [0, 0.05) is 25.3 Å². The van der Waals surface area contributed by atoms with E-state index in [-0.39, 0.29) is 22.3 Å². The van der Waals surface area contributed by atoms with E-state index in [1.807, 2.05) is 18.7 Å². The molecular formula is C13H22N2O3S2. The van der Waals surface area contributed by atoms with Crippen LogP contribution < -0.4 is 10.6 Å². The minimum absolute atomic E-state index is 0.0928. The summed E-state index contributed by atoms with van der Waals surface area (Å²) in [7, 11) is -3.48. The van der Waals surface area contributed by atoms with Crippen molar-refractivity contribution >= 4 is 37.6 Å². The Morgan fingerprint density at radius 2 is 1.80 bits per heavy atom. The summed E-state index contributed by atoms with van der Waals surface area (Å²) in [5, 5.41) is 0.569. The first-order valence-corrected chi connectivity index (χ1v) is 9.27. The van der Waals surface area contributed by atoms with E-state index >= 15 is 0 Å². The van der Waals surface area contributed by atoms with Crippen LogP contribution in [-0.2, 0) is 9.84 Å². The summed E-state index contributed by atoms with van der Waals surface area (Å²) in [4.78, 5) is 14.5. The first-order valence-electron chi connectivity index (χ1n) is 6.56. The van der Waals surface area contributed by atoms with Crippen molar-refractivity contribution in [1.82, 2.24) is 0 Å². The van der Waals surface area contributed by atoms with Crippen molar-refractivity contribution in [3.05, 3.63) is 4.88 Å². The molecule has 0 saturated carbocycles. The maximum atomic E-state index is 12.2. The van der Waals surface area contributed by atoms with E-state index in [4.69, 9.17) is 5.73 Å². The SMILES string of the molecule is CCN(CC)c1sc(C(=O)C(C)C)c(N)c1S(C)(=O)=O. The van der Waals surface area contributed by atoms with E-state index in [1.165, 1.54) is 11.3 Å². The van der Waals surface area contributed by atoms with E-state index in [1.54, 1.807) is 13.8 Å². The third-order valence-corrected chi connectivity index (χ3v) is 5.62. The van der Waals surface area contributed by atoms with Crippen LogP contribution in [0.15, 0.2) is 4.90 Å². The molecule has 0 fully saturated rings. The van der Waals surface area contributed by atoms with E-state index in [0.717, 1.165) is 6.26 Å². The number of carbonyl (C=O) groups is 1. The van der Waals surface area contributed by atoms with Gasteiger partial charge in [-0.1, -0.05) is 13.8 Å². The Hall–Kier alpha value is -1.08. The zero-order valence-corrected chi connectivity index (χ0v) is 14.2. The van der Waals surface area contributed by atoms with Crippen LogP contribution in [0.5, 0.6) is 0 Å². The summed E-state index contributed by atoms with van der Waals surface area (Å²) in [6, 6.07) is 0. The summed E-state index contributed by atoms with van der Waals surface area (Å²) in [6.07, 6.45) is 1.13. The van der Waals surface area contributed by atoms with Gasteiger partial charge in [-0.25, -0.2) is 8.42 Å². The van der Waals surface area contributed by atoms with Crippen LogP contribution in [0.1, 0.15) is 37.4 Å². The first-order chi connectivity index (χ1) is 9.15. The van der Waals surface area contributed by atoms with E-state index < -0.39 is 9.84 Å². The van der Waals surface area contributed by atoms with Crippen molar-refractivity contribution in [2.45, 2.75) is 32.6 Å². The highest BCUT2D eigenvalue weighted by Crippen LogP contribution is 2.42. The lowest BCUT2D eigenvalue weighted by molar-refractivity contribution is 0.0944. The number of hydrogen-bond acceptors (Lipinski definition) is 6. The van der Waals surface area contributed by atoms with Crippen LogP contribution in [0.4, 0.5) is 10.7 Å². The van der Waals surface area contributed by atoms with Crippen molar-refractivity contribution < 1.29 is 13.2 Å². The van der Waals surface area contributed by atoms with Crippen LogP contribution in [-0.4, -0.2) is 33.5 Å². The molecule has 1 heterocycles. The molecule has 2 N–H and O–H groups in total. The predicted molar refractivity (Wildman–Crippen MR) is 84.6 cm³/mol. The van der Waals surface area contributed by atoms with Crippen LogP contribution in [0.25, 0.3) is 0 Å². The number of Topliss-reactive ketones (excluding diaryl/α,β-unsaturated/α-hetero) is 1. The minimum atomic E-state index is -3.48. The van der Waals surface area contributed by atoms with Crippen molar-refractivity contribution in [2.75, 3.05) is 30.0 Å². The molecule has 0 aromatic carbocycles. The molecule has 1 rings (SSSR count). The Bertz CT molecular complexity index is 599. The molecule has 0 spiro atoms. The maximum absolute atomic E-state index is 12.2. The van der Waals surface area contributed by atoms with Crippen molar-refractivity contribution in [2.24, 2.45) is 5.92 Å². The highest BCUT2D eigenvalue weighted by atomic mass is 32.2. The lowest BCUT2D eigenvalue weighted by atomic mass is 10.1. The Balaban J connectivity index is 3.59. The highest BCUT2D eigenvalue weighted by Gasteiger charge is 2.29. The highest BCUT2D eigenvalue weighted by molar-refractivity contribution is 7.91. The number of carbonyl (C=O) groups excluding carboxylic acids is 1. The Morgan fingerprint density at radius 1 is 1.30 bits per heavy atom. The molecule has 0 aliphatic rings. The second kappa shape index (κ2) is 6.13. The van der Waals surface area contributed by atoms with E-state index in [2.05, 4.69) is 0 Å². The second-order valence-electron chi connectivity index (χ2n) is 4.94. The Morgan fingerprint density at radius 3 is 2.15 bits per heavy atom. The molecule has 0 radical (unpaired) electrons. The van der Waals surface area contributed by atoms with Gasteiger partial charge in [0.1, 0.15) is 9.90 Å². The largest absolute Gasteiger partial charge is 0.396 e. The second-order valence-corrected chi connectivity index (χ2v) is 7.89. The number of hydrogen-bond donors (Lipinski definition) is 1. The summed E-state index contributed by atoms with van der Waals surface area (Å²) >= 11 is 1.18. The summed E-state index contributed by atoms with van der Waals surface area (Å²) in [5.41, 5.74) is 6.06. The van der Waals surface area contributed by atoms with Gasteiger partial charge in [0.2, 0.25) is 0 Å². The molecule has 20 heavy (non-hydrogen) atoms. The average molecular weight is 318 g/mol. The van der Waals surface area contributed by atoms with Gasteiger partial charge in [0.15, 0.2) is 15.6 Å². The zero-order chi connectivity index (χ0) is 15.7. The lowest BCUT2D eigenvalue weighted by Crippen LogP contribution is -2.22. The molecule has 5 nitrogen and oxygen atoms in total. The molecule has 1 aromatic rings. The topological polar surface area (TPSA) is 80.5 Å². The van der Waals surface area contributed by atoms with Crippen LogP contribution in [0.2, 0.25) is 0 Å². The van der Waals surface area contributed by atoms with Gasteiger partial charge in [-0.3, -0.25) is 4.79 Å². The number of nitrogens with zero attached hydrogens (tertiary/aromatic N) is 1. The van der Waals surface area contributed by atoms with Gasteiger partial charge in [0.25, 0.3) is 0 Å². The normalized spacial score (nSPS) is 11.9. The molecule has 7 heteroatoms. The lowest BCUT2D eigenvalue weighted by Gasteiger charge is -2.20. The third kappa shape index (κ3) is 3.15. The summed E-state index contributed by atoms with van der Waals surface area (Å²) < 4.78 is 24.0. The number of sulfone groups is 1. The third-order valence-electron chi connectivity index (χ3n) is 3.05. The van der Waals surface area contributed by atoms with Gasteiger partial charge in [-0.15, -0.1) is 11.3 Å². The zero-order valence-electron chi connectivity index (χ0n) is 12.6. The molecule has 0 aliphatic carbocycles. The van der Waals surface area contributed by atoms with E-state index in [9.17, 15) is 13.2 Å². The fraction of sp³-hybridized carbons (Fsp3) is 0.615. The van der Waals surface area contributed by atoms with Gasteiger partial charge >= 0.3 is 0 Å². The molecule has 0 bridgehead atoms. The summed E-state index contributed by atoms with van der Waals surface area (Å²) in [6.45, 7) is 8.75. The Kier molecular flexibility index (Phi) is 5.21. The summed E-state index contributed by atoms with van der Waals surface area (Å²) in [5.74, 6) is -0.330. The van der Waals surface area contributed by atoms with Gasteiger partial charge in [-0.2, -0.15) is 0 Å². The molecule has 0 unspecified atom stereocenters.